The molecule has 2 rings (SSSR count). The Morgan fingerprint density at radius 2 is 2.06 bits per heavy atom. The average Bonchev–Trinajstić information content (AvgIpc) is 2.43. The van der Waals surface area contributed by atoms with Gasteiger partial charge in [-0.15, -0.1) is 0 Å². The molecule has 1 saturated heterocycles. The Bertz CT molecular complexity index is 280. The quantitative estimate of drug-likeness (QED) is 0.709. The molecule has 0 unspecified atom stereocenters. The summed E-state index contributed by atoms with van der Waals surface area (Å²) in [7, 11) is 0. The molecule has 0 aromatic carbocycles. The molecule has 0 aromatic rings. The lowest BCUT2D eigenvalue weighted by molar-refractivity contribution is -0.127. The molecule has 0 aromatic heterocycles. The van der Waals surface area contributed by atoms with Gasteiger partial charge in [0.15, 0.2) is 0 Å². The third-order valence-electron chi connectivity index (χ3n) is 4.55. The number of carbonyl (C=O) groups excluding carboxylic acids is 1. The number of carbonyl (C=O) groups is 1. The molecule has 1 aliphatic carbocycles. The van der Waals surface area contributed by atoms with Crippen molar-refractivity contribution in [2.45, 2.75) is 63.5 Å². The Hall–Kier alpha value is -0.610. The van der Waals surface area contributed by atoms with Crippen molar-refractivity contribution >= 4 is 5.91 Å². The Morgan fingerprint density at radius 3 is 2.61 bits per heavy atom. The van der Waals surface area contributed by atoms with Gasteiger partial charge in [0.05, 0.1) is 18.2 Å². The number of rotatable bonds is 3. The summed E-state index contributed by atoms with van der Waals surface area (Å²) in [5, 5.41) is 16.0. The van der Waals surface area contributed by atoms with Crippen LogP contribution < -0.4 is 10.6 Å². The summed E-state index contributed by atoms with van der Waals surface area (Å²) < 4.78 is 0. The average molecular weight is 254 g/mol. The minimum Gasteiger partial charge on any atom is -0.394 e. The summed E-state index contributed by atoms with van der Waals surface area (Å²) in [4.78, 5) is 12.2. The predicted octanol–water partition coefficient (Wildman–Crippen LogP) is 1.19. The largest absolute Gasteiger partial charge is 0.394 e. The van der Waals surface area contributed by atoms with Crippen molar-refractivity contribution in [2.24, 2.45) is 5.92 Å². The fourth-order valence-electron chi connectivity index (χ4n) is 3.06. The summed E-state index contributed by atoms with van der Waals surface area (Å²) in [6, 6.07) is -0.0541. The van der Waals surface area contributed by atoms with Crippen molar-refractivity contribution in [2.75, 3.05) is 13.2 Å². The smallest absolute Gasteiger partial charge is 0.237 e. The van der Waals surface area contributed by atoms with E-state index < -0.39 is 0 Å². The molecular weight excluding hydrogens is 228 g/mol. The second-order valence-corrected chi connectivity index (χ2v) is 6.11. The Morgan fingerprint density at radius 1 is 1.33 bits per heavy atom. The molecule has 2 aliphatic rings. The molecule has 1 aliphatic heterocycles. The van der Waals surface area contributed by atoms with Gasteiger partial charge in [-0.25, -0.2) is 0 Å². The van der Waals surface area contributed by atoms with Gasteiger partial charge in [-0.3, -0.25) is 4.79 Å². The number of hydrogen-bond acceptors (Lipinski definition) is 3. The monoisotopic (exact) mass is 254 g/mol. The summed E-state index contributed by atoms with van der Waals surface area (Å²) in [6.07, 6.45) is 7.20. The minimum atomic E-state index is -0.358. The van der Waals surface area contributed by atoms with E-state index in [0.717, 1.165) is 57.4 Å². The third kappa shape index (κ3) is 3.23. The van der Waals surface area contributed by atoms with Gasteiger partial charge in [0.2, 0.25) is 5.91 Å². The van der Waals surface area contributed by atoms with Crippen molar-refractivity contribution in [1.29, 1.82) is 0 Å². The lowest BCUT2D eigenvalue weighted by atomic mass is 9.77. The maximum absolute atomic E-state index is 12.2. The van der Waals surface area contributed by atoms with E-state index in [1.807, 2.05) is 0 Å². The van der Waals surface area contributed by atoms with Gasteiger partial charge >= 0.3 is 0 Å². The van der Waals surface area contributed by atoms with Gasteiger partial charge in [0.1, 0.15) is 0 Å². The van der Waals surface area contributed by atoms with E-state index in [2.05, 4.69) is 17.6 Å². The summed E-state index contributed by atoms with van der Waals surface area (Å²) in [5.41, 5.74) is -0.358. The van der Waals surface area contributed by atoms with Crippen LogP contribution in [0.1, 0.15) is 51.9 Å². The van der Waals surface area contributed by atoms with Crippen LogP contribution >= 0.6 is 0 Å². The van der Waals surface area contributed by atoms with Crippen LogP contribution in [-0.2, 0) is 4.79 Å². The van der Waals surface area contributed by atoms with Gasteiger partial charge < -0.3 is 15.7 Å². The molecule has 18 heavy (non-hydrogen) atoms. The molecule has 1 heterocycles. The summed E-state index contributed by atoms with van der Waals surface area (Å²) >= 11 is 0. The Kier molecular flexibility index (Phi) is 4.62. The van der Waals surface area contributed by atoms with Gasteiger partial charge in [-0.2, -0.15) is 0 Å². The molecule has 4 nitrogen and oxygen atoms in total. The summed E-state index contributed by atoms with van der Waals surface area (Å²) in [6.45, 7) is 3.24. The zero-order valence-corrected chi connectivity index (χ0v) is 11.4. The Labute approximate surface area is 110 Å². The van der Waals surface area contributed by atoms with Crippen LogP contribution in [0.25, 0.3) is 0 Å². The van der Waals surface area contributed by atoms with Crippen LogP contribution in [0.4, 0.5) is 0 Å². The van der Waals surface area contributed by atoms with Gasteiger partial charge in [0.25, 0.3) is 0 Å². The first-order valence-electron chi connectivity index (χ1n) is 7.31. The molecule has 0 radical (unpaired) electrons. The first-order chi connectivity index (χ1) is 8.65. The van der Waals surface area contributed by atoms with Crippen molar-refractivity contribution in [3.05, 3.63) is 0 Å². The topological polar surface area (TPSA) is 61.4 Å². The van der Waals surface area contributed by atoms with Crippen molar-refractivity contribution in [3.8, 4) is 0 Å². The zero-order chi connectivity index (χ0) is 13.0. The third-order valence-corrected chi connectivity index (χ3v) is 4.55. The molecule has 3 N–H and O–H groups in total. The predicted molar refractivity (Wildman–Crippen MR) is 71.2 cm³/mol. The number of nitrogens with one attached hydrogen (secondary N) is 2. The maximum atomic E-state index is 12.2. The van der Waals surface area contributed by atoms with Crippen LogP contribution in [0.2, 0.25) is 0 Å². The second kappa shape index (κ2) is 6.02. The van der Waals surface area contributed by atoms with Crippen LogP contribution in [0.5, 0.6) is 0 Å². The standard InChI is InChI=1S/C14H26N2O2/c1-11-5-7-14(10-17,8-6-11)16-13(18)12-4-2-3-9-15-12/h11-12,15,17H,2-10H2,1H3,(H,16,18)/t11?,12-,14?/m1/s1. The highest BCUT2D eigenvalue weighted by Crippen LogP contribution is 2.31. The van der Waals surface area contributed by atoms with Crippen molar-refractivity contribution < 1.29 is 9.90 Å². The van der Waals surface area contributed by atoms with Gasteiger partial charge in [0, 0.05) is 0 Å². The van der Waals surface area contributed by atoms with Gasteiger partial charge in [-0.05, 0) is 51.0 Å². The van der Waals surface area contributed by atoms with E-state index in [-0.39, 0.29) is 24.1 Å². The van der Waals surface area contributed by atoms with E-state index in [1.54, 1.807) is 0 Å². The normalized spacial score (nSPS) is 37.2. The first-order valence-corrected chi connectivity index (χ1v) is 7.31. The fourth-order valence-corrected chi connectivity index (χ4v) is 3.06. The number of aliphatic hydroxyl groups is 1. The second-order valence-electron chi connectivity index (χ2n) is 6.11. The van der Waals surface area contributed by atoms with Crippen LogP contribution in [0, 0.1) is 5.92 Å². The molecule has 1 atom stereocenters. The number of aliphatic hydroxyl groups excluding tert-OH is 1. The van der Waals surface area contributed by atoms with Gasteiger partial charge in [-0.1, -0.05) is 13.3 Å². The fraction of sp³-hybridized carbons (Fsp3) is 0.929. The lowest BCUT2D eigenvalue weighted by Crippen LogP contribution is -2.58. The molecule has 1 saturated carbocycles. The van der Waals surface area contributed by atoms with E-state index >= 15 is 0 Å². The van der Waals surface area contributed by atoms with Crippen LogP contribution in [-0.4, -0.2) is 35.7 Å². The maximum Gasteiger partial charge on any atom is 0.237 e. The van der Waals surface area contributed by atoms with Crippen LogP contribution in [0.3, 0.4) is 0 Å². The summed E-state index contributed by atoms with van der Waals surface area (Å²) in [5.74, 6) is 0.799. The Balaban J connectivity index is 1.90. The SMILES string of the molecule is CC1CCC(CO)(NC(=O)[C@H]2CCCCN2)CC1. The zero-order valence-electron chi connectivity index (χ0n) is 11.4. The number of piperidine rings is 1. The highest BCUT2D eigenvalue weighted by Gasteiger charge is 2.36. The van der Waals surface area contributed by atoms with E-state index in [9.17, 15) is 9.90 Å². The van der Waals surface area contributed by atoms with E-state index in [1.165, 1.54) is 0 Å². The molecule has 0 spiro atoms. The molecule has 4 heteroatoms. The highest BCUT2D eigenvalue weighted by molar-refractivity contribution is 5.82. The van der Waals surface area contributed by atoms with E-state index in [4.69, 9.17) is 0 Å². The van der Waals surface area contributed by atoms with Crippen molar-refractivity contribution in [1.82, 2.24) is 10.6 Å². The van der Waals surface area contributed by atoms with Crippen LogP contribution in [0.15, 0.2) is 0 Å². The molecule has 1 amide bonds. The number of amides is 1. The molecule has 0 bridgehead atoms. The number of hydrogen-bond donors (Lipinski definition) is 3. The van der Waals surface area contributed by atoms with Crippen molar-refractivity contribution in [3.63, 3.8) is 0 Å². The lowest BCUT2D eigenvalue weighted by Gasteiger charge is -2.40. The van der Waals surface area contributed by atoms with E-state index in [0.29, 0.717) is 0 Å². The first kappa shape index (κ1) is 13.8. The molecule has 104 valence electrons. The molecule has 2 fully saturated rings. The molecular formula is C14H26N2O2. The highest BCUT2D eigenvalue weighted by atomic mass is 16.3. The minimum absolute atomic E-state index is 0.0541.